The first-order chi connectivity index (χ1) is 8.01. The van der Waals surface area contributed by atoms with Gasteiger partial charge in [0.1, 0.15) is 0 Å². The fraction of sp³-hybridized carbons (Fsp3) is 0.273. The summed E-state index contributed by atoms with van der Waals surface area (Å²) in [5, 5.41) is 9.22. The Morgan fingerprint density at radius 1 is 1.41 bits per heavy atom. The van der Waals surface area contributed by atoms with E-state index in [1.54, 1.807) is 6.92 Å². The average molecular weight is 242 g/mol. The van der Waals surface area contributed by atoms with E-state index in [9.17, 15) is 19.1 Å². The molecule has 1 N–H and O–H groups in total. The first kappa shape index (κ1) is 13.0. The van der Waals surface area contributed by atoms with Crippen LogP contribution < -0.4 is 4.74 Å². The van der Waals surface area contributed by atoms with Gasteiger partial charge >= 0.3 is 5.97 Å². The Morgan fingerprint density at radius 2 is 2.06 bits per heavy atom. The highest BCUT2D eigenvalue weighted by Crippen LogP contribution is 2.30. The van der Waals surface area contributed by atoms with E-state index in [0.717, 1.165) is 12.1 Å². The molecule has 1 aromatic rings. The normalized spacial score (nSPS) is 9.82. The molecule has 1 rings (SSSR count). The molecular formula is C11H11FO5. The molecule has 0 amide bonds. The van der Waals surface area contributed by atoms with Gasteiger partial charge in [0.15, 0.2) is 17.3 Å². The minimum atomic E-state index is -1.08. The van der Waals surface area contributed by atoms with Crippen molar-refractivity contribution < 1.29 is 28.6 Å². The number of aromatic hydroxyl groups is 1. The van der Waals surface area contributed by atoms with Gasteiger partial charge in [0.25, 0.3) is 5.78 Å². The summed E-state index contributed by atoms with van der Waals surface area (Å²) in [6.45, 7) is 1.59. The van der Waals surface area contributed by atoms with Crippen LogP contribution in [0.5, 0.6) is 11.5 Å². The summed E-state index contributed by atoms with van der Waals surface area (Å²) < 4.78 is 22.4. The molecular weight excluding hydrogens is 231 g/mol. The number of carbonyl (C=O) groups is 2. The summed E-state index contributed by atoms with van der Waals surface area (Å²) in [6.07, 6.45) is 0. The fourth-order valence-corrected chi connectivity index (χ4v) is 1.18. The molecule has 0 unspecified atom stereocenters. The van der Waals surface area contributed by atoms with Crippen LogP contribution >= 0.6 is 0 Å². The predicted molar refractivity (Wildman–Crippen MR) is 55.6 cm³/mol. The number of hydrogen-bond acceptors (Lipinski definition) is 5. The van der Waals surface area contributed by atoms with Gasteiger partial charge in [-0.2, -0.15) is 0 Å². The zero-order valence-electron chi connectivity index (χ0n) is 9.32. The van der Waals surface area contributed by atoms with Crippen LogP contribution in [-0.2, 0) is 9.53 Å². The molecule has 92 valence electrons. The van der Waals surface area contributed by atoms with Gasteiger partial charge in [0, 0.05) is 5.56 Å². The Labute approximate surface area is 96.8 Å². The van der Waals surface area contributed by atoms with E-state index in [4.69, 9.17) is 0 Å². The van der Waals surface area contributed by atoms with Gasteiger partial charge in [-0.05, 0) is 19.1 Å². The fourth-order valence-electron chi connectivity index (χ4n) is 1.18. The number of methoxy groups -OCH3 is 1. The minimum Gasteiger partial charge on any atom is -0.502 e. The number of ketones is 1. The maximum absolute atomic E-state index is 13.2. The largest absolute Gasteiger partial charge is 0.502 e. The number of rotatable bonds is 4. The lowest BCUT2D eigenvalue weighted by Crippen LogP contribution is -2.17. The lowest BCUT2D eigenvalue weighted by atomic mass is 10.1. The van der Waals surface area contributed by atoms with Crippen molar-refractivity contribution in [2.45, 2.75) is 6.92 Å². The predicted octanol–water partition coefficient (Wildman–Crippen LogP) is 1.29. The van der Waals surface area contributed by atoms with E-state index in [1.165, 1.54) is 7.11 Å². The highest BCUT2D eigenvalue weighted by molar-refractivity contribution is 6.40. The number of ether oxygens (including phenoxy) is 2. The minimum absolute atomic E-state index is 0.0439. The van der Waals surface area contributed by atoms with Gasteiger partial charge in [-0.15, -0.1) is 0 Å². The van der Waals surface area contributed by atoms with Gasteiger partial charge in [-0.1, -0.05) is 0 Å². The molecule has 0 bridgehead atoms. The summed E-state index contributed by atoms with van der Waals surface area (Å²) in [4.78, 5) is 22.6. The van der Waals surface area contributed by atoms with E-state index in [1.807, 2.05) is 0 Å². The van der Waals surface area contributed by atoms with Crippen molar-refractivity contribution in [3.05, 3.63) is 23.5 Å². The molecule has 0 fully saturated rings. The second-order valence-electron chi connectivity index (χ2n) is 3.06. The van der Waals surface area contributed by atoms with E-state index in [0.29, 0.717) is 0 Å². The molecule has 5 nitrogen and oxygen atoms in total. The van der Waals surface area contributed by atoms with Crippen LogP contribution in [0.25, 0.3) is 0 Å². The third-order valence-corrected chi connectivity index (χ3v) is 1.97. The molecule has 6 heteroatoms. The zero-order valence-corrected chi connectivity index (χ0v) is 9.32. The molecule has 0 spiro atoms. The number of Topliss-reactive ketones (excluding diaryl/α,β-unsaturated/α-hetero) is 1. The summed E-state index contributed by atoms with van der Waals surface area (Å²) in [7, 11) is 1.20. The quantitative estimate of drug-likeness (QED) is 0.489. The van der Waals surface area contributed by atoms with Gasteiger partial charge in [-0.3, -0.25) is 4.79 Å². The first-order valence-electron chi connectivity index (χ1n) is 4.79. The van der Waals surface area contributed by atoms with Crippen LogP contribution in [0.1, 0.15) is 17.3 Å². The zero-order chi connectivity index (χ0) is 13.0. The SMILES string of the molecule is CCOC(=O)C(=O)c1cc(F)c(O)c(OC)c1. The van der Waals surface area contributed by atoms with Gasteiger partial charge in [0.2, 0.25) is 0 Å². The summed E-state index contributed by atoms with van der Waals surface area (Å²) in [6, 6.07) is 1.81. The van der Waals surface area contributed by atoms with Gasteiger partial charge < -0.3 is 14.6 Å². The Hall–Kier alpha value is -2.11. The second kappa shape index (κ2) is 5.29. The summed E-state index contributed by atoms with van der Waals surface area (Å²) in [5.41, 5.74) is -0.240. The van der Waals surface area contributed by atoms with Gasteiger partial charge in [-0.25, -0.2) is 9.18 Å². The van der Waals surface area contributed by atoms with Crippen LogP contribution in [0, 0.1) is 5.82 Å². The summed E-state index contributed by atoms with van der Waals surface area (Å²) >= 11 is 0. The van der Waals surface area contributed by atoms with Crippen LogP contribution in [0.4, 0.5) is 4.39 Å². The maximum atomic E-state index is 13.2. The lowest BCUT2D eigenvalue weighted by molar-refractivity contribution is -0.137. The van der Waals surface area contributed by atoms with Gasteiger partial charge in [0.05, 0.1) is 13.7 Å². The van der Waals surface area contributed by atoms with E-state index >= 15 is 0 Å². The molecule has 0 radical (unpaired) electrons. The van der Waals surface area contributed by atoms with E-state index in [2.05, 4.69) is 9.47 Å². The van der Waals surface area contributed by atoms with Crippen molar-refractivity contribution in [3.8, 4) is 11.5 Å². The topological polar surface area (TPSA) is 72.8 Å². The molecule has 1 aromatic carbocycles. The number of halogens is 1. The Balaban J connectivity index is 3.11. The number of carbonyl (C=O) groups excluding carboxylic acids is 2. The Morgan fingerprint density at radius 3 is 2.59 bits per heavy atom. The highest BCUT2D eigenvalue weighted by Gasteiger charge is 2.21. The van der Waals surface area contributed by atoms with Crippen LogP contribution in [0.2, 0.25) is 0 Å². The molecule has 0 aliphatic carbocycles. The monoisotopic (exact) mass is 242 g/mol. The van der Waals surface area contributed by atoms with Crippen molar-refractivity contribution in [3.63, 3.8) is 0 Å². The number of phenols is 1. The second-order valence-corrected chi connectivity index (χ2v) is 3.06. The first-order valence-corrected chi connectivity index (χ1v) is 4.79. The third-order valence-electron chi connectivity index (χ3n) is 1.97. The number of hydrogen-bond donors (Lipinski definition) is 1. The van der Waals surface area contributed by atoms with Crippen molar-refractivity contribution in [1.29, 1.82) is 0 Å². The molecule has 0 aliphatic rings. The van der Waals surface area contributed by atoms with Crippen molar-refractivity contribution in [1.82, 2.24) is 0 Å². The van der Waals surface area contributed by atoms with E-state index in [-0.39, 0.29) is 17.9 Å². The molecule has 0 aromatic heterocycles. The standard InChI is InChI=1S/C11H11FO5/c1-3-17-11(15)9(13)6-4-7(12)10(14)8(5-6)16-2/h4-5,14H,3H2,1-2H3. The molecule has 0 atom stereocenters. The number of benzene rings is 1. The summed E-state index contributed by atoms with van der Waals surface area (Å²) in [5.74, 6) is -4.06. The van der Waals surface area contributed by atoms with Crippen LogP contribution in [0.15, 0.2) is 12.1 Å². The molecule has 0 saturated heterocycles. The third kappa shape index (κ3) is 2.72. The van der Waals surface area contributed by atoms with E-state index < -0.39 is 23.3 Å². The molecule has 0 aliphatic heterocycles. The van der Waals surface area contributed by atoms with Crippen molar-refractivity contribution in [2.24, 2.45) is 0 Å². The molecule has 0 heterocycles. The van der Waals surface area contributed by atoms with Crippen LogP contribution in [-0.4, -0.2) is 30.6 Å². The van der Waals surface area contributed by atoms with Crippen molar-refractivity contribution >= 4 is 11.8 Å². The molecule has 0 saturated carbocycles. The van der Waals surface area contributed by atoms with Crippen LogP contribution in [0.3, 0.4) is 0 Å². The number of esters is 1. The molecule has 17 heavy (non-hydrogen) atoms. The smallest absolute Gasteiger partial charge is 0.379 e. The lowest BCUT2D eigenvalue weighted by Gasteiger charge is -2.06. The Bertz CT molecular complexity index is 455. The van der Waals surface area contributed by atoms with Crippen molar-refractivity contribution in [2.75, 3.05) is 13.7 Å². The number of phenolic OH excluding ortho intramolecular Hbond substituents is 1. The highest BCUT2D eigenvalue weighted by atomic mass is 19.1. The Kier molecular flexibility index (Phi) is 4.03. The average Bonchev–Trinajstić information content (AvgIpc) is 2.31. The maximum Gasteiger partial charge on any atom is 0.379 e.